The number of carbonyl (C=O) groups excluding carboxylic acids is 1. The van der Waals surface area contributed by atoms with E-state index < -0.39 is 0 Å². The molecule has 0 aliphatic rings. The molecule has 4 rings (SSSR count). The summed E-state index contributed by atoms with van der Waals surface area (Å²) in [6.45, 7) is 0. The second-order valence-electron chi connectivity index (χ2n) is 6.15. The summed E-state index contributed by atoms with van der Waals surface area (Å²) in [5, 5.41) is 4.69. The lowest BCUT2D eigenvalue weighted by Crippen LogP contribution is -1.93. The largest absolute Gasteiger partial charge is 0.289 e. The number of carbonyl (C=O) groups is 1. The van der Waals surface area contributed by atoms with Gasteiger partial charge in [-0.1, -0.05) is 18.2 Å². The quantitative estimate of drug-likeness (QED) is 0.369. The topological polar surface area (TPSA) is 47.8 Å². The minimum absolute atomic E-state index is 0.201. The lowest BCUT2D eigenvalue weighted by Gasteiger charge is -2.00. The Bertz CT molecular complexity index is 1120. The van der Waals surface area contributed by atoms with Crippen molar-refractivity contribution < 1.29 is 9.18 Å². The number of ketones is 1. The van der Waals surface area contributed by atoms with Gasteiger partial charge in [0.1, 0.15) is 11.5 Å². The fourth-order valence-corrected chi connectivity index (χ4v) is 2.83. The van der Waals surface area contributed by atoms with Crippen LogP contribution in [-0.2, 0) is 0 Å². The molecule has 4 aromatic rings. The third kappa shape index (κ3) is 3.78. The predicted molar refractivity (Wildman–Crippen MR) is 107 cm³/mol. The summed E-state index contributed by atoms with van der Waals surface area (Å²) in [5.41, 5.74) is 3.79. The van der Waals surface area contributed by atoms with Crippen molar-refractivity contribution in [2.45, 2.75) is 0 Å². The maximum atomic E-state index is 13.1. The highest BCUT2D eigenvalue weighted by atomic mass is 19.1. The van der Waals surface area contributed by atoms with Gasteiger partial charge in [-0.15, -0.1) is 0 Å². The Morgan fingerprint density at radius 3 is 2.36 bits per heavy atom. The molecule has 0 radical (unpaired) electrons. The minimum atomic E-state index is -0.371. The Hall–Kier alpha value is -3.86. The molecule has 0 saturated carbocycles. The lowest BCUT2D eigenvalue weighted by molar-refractivity contribution is 0.104. The van der Waals surface area contributed by atoms with Gasteiger partial charge < -0.3 is 0 Å². The van der Waals surface area contributed by atoms with Gasteiger partial charge in [0.15, 0.2) is 5.78 Å². The fourth-order valence-electron chi connectivity index (χ4n) is 2.83. The van der Waals surface area contributed by atoms with Gasteiger partial charge in [-0.05, 0) is 60.7 Å². The van der Waals surface area contributed by atoms with Crippen molar-refractivity contribution in [3.05, 3.63) is 108 Å². The normalized spacial score (nSPS) is 11.0. The van der Waals surface area contributed by atoms with E-state index >= 15 is 0 Å². The molecule has 0 unspecified atom stereocenters. The van der Waals surface area contributed by atoms with Gasteiger partial charge in [0.25, 0.3) is 0 Å². The SMILES string of the molecule is O=C(/C=C/c1cn(-c2ccccc2)nc1-c1ccncc1)c1ccc(F)cc1. The van der Waals surface area contributed by atoms with Gasteiger partial charge in [0.2, 0.25) is 0 Å². The summed E-state index contributed by atoms with van der Waals surface area (Å²) in [6.07, 6.45) is 8.49. The number of rotatable bonds is 5. The highest BCUT2D eigenvalue weighted by Crippen LogP contribution is 2.24. The summed E-state index contributed by atoms with van der Waals surface area (Å²) in [6, 6.07) is 19.0. The molecule has 0 atom stereocenters. The standard InChI is InChI=1S/C23H16FN3O/c24-20-9-6-17(7-10-20)22(28)11-8-19-16-27(21-4-2-1-3-5-21)26-23(19)18-12-14-25-15-13-18/h1-16H/b11-8+. The summed E-state index contributed by atoms with van der Waals surface area (Å²) >= 11 is 0. The number of benzene rings is 2. The predicted octanol–water partition coefficient (Wildman–Crippen LogP) is 4.97. The van der Waals surface area contributed by atoms with Crippen LogP contribution < -0.4 is 0 Å². The van der Waals surface area contributed by atoms with E-state index in [0.717, 1.165) is 22.5 Å². The van der Waals surface area contributed by atoms with Crippen LogP contribution >= 0.6 is 0 Å². The molecule has 0 N–H and O–H groups in total. The summed E-state index contributed by atoms with van der Waals surface area (Å²) in [7, 11) is 0. The summed E-state index contributed by atoms with van der Waals surface area (Å²) < 4.78 is 14.8. The van der Waals surface area contributed by atoms with Crippen LogP contribution in [0.3, 0.4) is 0 Å². The molecule has 0 aliphatic carbocycles. The number of hydrogen-bond acceptors (Lipinski definition) is 3. The van der Waals surface area contributed by atoms with Gasteiger partial charge >= 0.3 is 0 Å². The molecule has 2 aromatic heterocycles. The van der Waals surface area contributed by atoms with Gasteiger partial charge in [0.05, 0.1) is 5.69 Å². The zero-order valence-electron chi connectivity index (χ0n) is 14.9. The average Bonchev–Trinajstić information content (AvgIpc) is 3.18. The number of halogens is 1. The number of nitrogens with zero attached hydrogens (tertiary/aromatic N) is 3. The van der Waals surface area contributed by atoms with E-state index in [-0.39, 0.29) is 11.6 Å². The van der Waals surface area contributed by atoms with E-state index in [1.807, 2.05) is 48.7 Å². The number of hydrogen-bond donors (Lipinski definition) is 0. The molecule has 28 heavy (non-hydrogen) atoms. The first-order valence-electron chi connectivity index (χ1n) is 8.74. The zero-order valence-corrected chi connectivity index (χ0v) is 14.9. The first-order chi connectivity index (χ1) is 13.7. The smallest absolute Gasteiger partial charge is 0.185 e. The van der Waals surface area contributed by atoms with Crippen LogP contribution in [0.1, 0.15) is 15.9 Å². The fraction of sp³-hybridized carbons (Fsp3) is 0. The van der Waals surface area contributed by atoms with Crippen LogP contribution in [0.4, 0.5) is 4.39 Å². The van der Waals surface area contributed by atoms with Crippen LogP contribution in [0.25, 0.3) is 23.0 Å². The second-order valence-corrected chi connectivity index (χ2v) is 6.15. The minimum Gasteiger partial charge on any atom is -0.289 e. The first kappa shape index (κ1) is 17.5. The van der Waals surface area contributed by atoms with E-state index in [1.54, 1.807) is 23.2 Å². The Morgan fingerprint density at radius 1 is 0.929 bits per heavy atom. The first-order valence-corrected chi connectivity index (χ1v) is 8.74. The highest BCUT2D eigenvalue weighted by molar-refractivity contribution is 6.07. The number of pyridine rings is 1. The Labute approximate surface area is 161 Å². The van der Waals surface area contributed by atoms with Crippen LogP contribution in [-0.4, -0.2) is 20.5 Å². The van der Waals surface area contributed by atoms with Gasteiger partial charge in [0, 0.05) is 35.3 Å². The summed E-state index contributed by atoms with van der Waals surface area (Å²) in [4.78, 5) is 16.5. The van der Waals surface area contributed by atoms with Crippen LogP contribution in [0, 0.1) is 5.82 Å². The Balaban J connectivity index is 1.71. The van der Waals surface area contributed by atoms with E-state index in [1.165, 1.54) is 30.3 Å². The van der Waals surface area contributed by atoms with Crippen molar-refractivity contribution in [3.63, 3.8) is 0 Å². The Morgan fingerprint density at radius 2 is 1.64 bits per heavy atom. The van der Waals surface area contributed by atoms with Crippen LogP contribution in [0.5, 0.6) is 0 Å². The summed E-state index contributed by atoms with van der Waals surface area (Å²) in [5.74, 6) is -0.572. The number of aromatic nitrogens is 3. The van der Waals surface area contributed by atoms with Gasteiger partial charge in [-0.25, -0.2) is 9.07 Å². The van der Waals surface area contributed by atoms with E-state index in [2.05, 4.69) is 10.1 Å². The molecular weight excluding hydrogens is 353 g/mol. The molecule has 0 spiro atoms. The molecule has 136 valence electrons. The molecule has 4 nitrogen and oxygen atoms in total. The molecule has 5 heteroatoms. The molecule has 0 saturated heterocycles. The van der Waals surface area contributed by atoms with Crippen molar-refractivity contribution in [1.82, 2.24) is 14.8 Å². The highest BCUT2D eigenvalue weighted by Gasteiger charge is 2.11. The maximum Gasteiger partial charge on any atom is 0.185 e. The maximum absolute atomic E-state index is 13.1. The molecule has 2 heterocycles. The van der Waals surface area contributed by atoms with E-state index in [4.69, 9.17) is 0 Å². The lowest BCUT2D eigenvalue weighted by atomic mass is 10.1. The molecule has 0 aliphatic heterocycles. The monoisotopic (exact) mass is 369 g/mol. The van der Waals surface area contributed by atoms with Crippen molar-refractivity contribution in [2.24, 2.45) is 0 Å². The molecule has 0 fully saturated rings. The average molecular weight is 369 g/mol. The van der Waals surface area contributed by atoms with E-state index in [9.17, 15) is 9.18 Å². The van der Waals surface area contributed by atoms with E-state index in [0.29, 0.717) is 5.56 Å². The number of allylic oxidation sites excluding steroid dienone is 1. The van der Waals surface area contributed by atoms with Crippen molar-refractivity contribution in [1.29, 1.82) is 0 Å². The molecular formula is C23H16FN3O. The molecule has 0 bridgehead atoms. The molecule has 2 aromatic carbocycles. The number of para-hydroxylation sites is 1. The van der Waals surface area contributed by atoms with Gasteiger partial charge in [-0.2, -0.15) is 5.10 Å². The van der Waals surface area contributed by atoms with Crippen molar-refractivity contribution in [2.75, 3.05) is 0 Å². The third-order valence-corrected chi connectivity index (χ3v) is 4.26. The van der Waals surface area contributed by atoms with Crippen LogP contribution in [0.2, 0.25) is 0 Å². The second kappa shape index (κ2) is 7.80. The third-order valence-electron chi connectivity index (χ3n) is 4.26. The van der Waals surface area contributed by atoms with Crippen molar-refractivity contribution >= 4 is 11.9 Å². The molecule has 0 amide bonds. The Kier molecular flexibility index (Phi) is 4.89. The van der Waals surface area contributed by atoms with Crippen LogP contribution in [0.15, 0.2) is 91.4 Å². The van der Waals surface area contributed by atoms with Crippen molar-refractivity contribution in [3.8, 4) is 16.9 Å². The van der Waals surface area contributed by atoms with Gasteiger partial charge in [-0.3, -0.25) is 9.78 Å². The zero-order chi connectivity index (χ0) is 19.3.